The predicted octanol–water partition coefficient (Wildman–Crippen LogP) is 1.54. The number of Topliss-reactive ketones (excluding diaryl/α,β-unsaturated/α-hetero) is 2. The SMILES string of the molecule is COC1CC(OC)C2C(=O)[C@@]3(OC2C1Cl)C(=O)C1CCCN([O-])C1C[C@H]3C. The van der Waals surface area contributed by atoms with E-state index in [4.69, 9.17) is 25.8 Å². The number of hydrogen-bond donors (Lipinski definition) is 0. The first-order valence-corrected chi connectivity index (χ1v) is 10.2. The third-order valence-electron chi connectivity index (χ3n) is 7.20. The van der Waals surface area contributed by atoms with Gasteiger partial charge in [-0.2, -0.15) is 0 Å². The lowest BCUT2D eigenvalue weighted by Gasteiger charge is -2.53. The molecule has 0 bridgehead atoms. The number of carbonyl (C=O) groups excluding carboxylic acids is 2. The van der Waals surface area contributed by atoms with Gasteiger partial charge in [-0.3, -0.25) is 9.59 Å². The summed E-state index contributed by atoms with van der Waals surface area (Å²) in [6.07, 6.45) is 0.905. The molecular weight excluding hydrogens is 374 g/mol. The van der Waals surface area contributed by atoms with E-state index in [0.29, 0.717) is 32.2 Å². The van der Waals surface area contributed by atoms with Crippen LogP contribution in [0.1, 0.15) is 32.6 Å². The normalized spacial score (nSPS) is 50.7. The van der Waals surface area contributed by atoms with E-state index in [1.54, 1.807) is 14.2 Å². The summed E-state index contributed by atoms with van der Waals surface area (Å²) in [6, 6.07) is -0.359. The highest BCUT2D eigenvalue weighted by atomic mass is 35.5. The number of halogens is 1. The molecule has 4 aliphatic rings. The molecule has 2 aliphatic heterocycles. The van der Waals surface area contributed by atoms with E-state index < -0.39 is 35.0 Å². The lowest BCUT2D eigenvalue weighted by Crippen LogP contribution is -2.63. The summed E-state index contributed by atoms with van der Waals surface area (Å²) in [5, 5.41) is 12.8. The fourth-order valence-corrected chi connectivity index (χ4v) is 6.18. The van der Waals surface area contributed by atoms with Crippen molar-refractivity contribution in [3.63, 3.8) is 0 Å². The first-order valence-electron chi connectivity index (χ1n) is 9.76. The van der Waals surface area contributed by atoms with Gasteiger partial charge in [-0.25, -0.2) is 0 Å². The van der Waals surface area contributed by atoms with E-state index in [9.17, 15) is 14.8 Å². The molecule has 4 rings (SSSR count). The van der Waals surface area contributed by atoms with Crippen LogP contribution >= 0.6 is 11.6 Å². The smallest absolute Gasteiger partial charge is 0.188 e. The molecule has 2 saturated carbocycles. The van der Waals surface area contributed by atoms with Gasteiger partial charge in [0.15, 0.2) is 17.2 Å². The molecule has 1 spiro atoms. The number of ether oxygens (including phenoxy) is 3. The maximum Gasteiger partial charge on any atom is 0.188 e. The zero-order valence-electron chi connectivity index (χ0n) is 15.9. The van der Waals surface area contributed by atoms with Gasteiger partial charge in [0.25, 0.3) is 0 Å². The molecule has 27 heavy (non-hydrogen) atoms. The highest BCUT2D eigenvalue weighted by Gasteiger charge is 2.69. The summed E-state index contributed by atoms with van der Waals surface area (Å²) < 4.78 is 17.3. The molecule has 8 heteroatoms. The van der Waals surface area contributed by atoms with Gasteiger partial charge in [-0.15, -0.1) is 11.6 Å². The Labute approximate surface area is 164 Å². The average Bonchev–Trinajstić information content (AvgIpc) is 2.97. The van der Waals surface area contributed by atoms with Crippen molar-refractivity contribution in [3.05, 3.63) is 5.21 Å². The fraction of sp³-hybridized carbons (Fsp3) is 0.895. The van der Waals surface area contributed by atoms with Crippen LogP contribution in [0.2, 0.25) is 0 Å². The lowest BCUT2D eigenvalue weighted by molar-refractivity contribution is -0.174. The molecule has 7 unspecified atom stereocenters. The maximum absolute atomic E-state index is 13.6. The maximum atomic E-state index is 13.6. The van der Waals surface area contributed by atoms with Crippen LogP contribution in [0, 0.1) is 23.0 Å². The van der Waals surface area contributed by atoms with Crippen LogP contribution in [-0.2, 0) is 23.8 Å². The Bertz CT molecular complexity index is 631. The first-order chi connectivity index (χ1) is 12.9. The van der Waals surface area contributed by atoms with Gasteiger partial charge in [-0.05, 0) is 25.8 Å². The van der Waals surface area contributed by atoms with Crippen molar-refractivity contribution in [2.75, 3.05) is 20.8 Å². The van der Waals surface area contributed by atoms with E-state index in [0.717, 1.165) is 5.06 Å². The molecule has 0 aromatic carbocycles. The van der Waals surface area contributed by atoms with E-state index in [-0.39, 0.29) is 29.6 Å². The molecule has 9 atom stereocenters. The van der Waals surface area contributed by atoms with Crippen molar-refractivity contribution in [3.8, 4) is 0 Å². The van der Waals surface area contributed by atoms with Crippen LogP contribution in [0.15, 0.2) is 0 Å². The molecule has 2 heterocycles. The largest absolute Gasteiger partial charge is 0.785 e. The number of fused-ring (bicyclic) bond motifs is 2. The van der Waals surface area contributed by atoms with Crippen LogP contribution < -0.4 is 0 Å². The third kappa shape index (κ3) is 2.66. The Hall–Kier alpha value is -0.570. The number of nitrogens with zero attached hydrogens (tertiary/aromatic N) is 1. The Morgan fingerprint density at radius 3 is 2.56 bits per heavy atom. The highest BCUT2D eigenvalue weighted by molar-refractivity contribution is 6.23. The van der Waals surface area contributed by atoms with Gasteiger partial charge < -0.3 is 24.5 Å². The molecule has 0 aromatic rings. The average molecular weight is 401 g/mol. The summed E-state index contributed by atoms with van der Waals surface area (Å²) in [6.45, 7) is 2.28. The zero-order chi connectivity index (χ0) is 19.5. The quantitative estimate of drug-likeness (QED) is 0.513. The third-order valence-corrected chi connectivity index (χ3v) is 7.73. The summed E-state index contributed by atoms with van der Waals surface area (Å²) >= 11 is 6.60. The molecule has 2 saturated heterocycles. The number of hydrogen-bond acceptors (Lipinski definition) is 7. The zero-order valence-corrected chi connectivity index (χ0v) is 16.7. The van der Waals surface area contributed by atoms with Crippen LogP contribution in [0.25, 0.3) is 0 Å². The minimum absolute atomic E-state index is 0.224. The van der Waals surface area contributed by atoms with Gasteiger partial charge in [0.1, 0.15) is 0 Å². The fourth-order valence-electron chi connectivity index (χ4n) is 5.77. The summed E-state index contributed by atoms with van der Waals surface area (Å²) in [4.78, 5) is 27.1. The topological polar surface area (TPSA) is 88.1 Å². The van der Waals surface area contributed by atoms with Crippen molar-refractivity contribution < 1.29 is 23.8 Å². The minimum atomic E-state index is -1.51. The molecule has 0 N–H and O–H groups in total. The second kappa shape index (κ2) is 7.04. The van der Waals surface area contributed by atoms with Gasteiger partial charge >= 0.3 is 0 Å². The molecule has 4 fully saturated rings. The summed E-state index contributed by atoms with van der Waals surface area (Å²) in [5.41, 5.74) is -1.51. The molecule has 152 valence electrons. The molecule has 0 aromatic heterocycles. The molecule has 0 amide bonds. The number of methoxy groups -OCH3 is 2. The Kier molecular flexibility index (Phi) is 5.15. The van der Waals surface area contributed by atoms with Gasteiger partial charge in [0.05, 0.1) is 29.6 Å². The van der Waals surface area contributed by atoms with Crippen molar-refractivity contribution in [1.29, 1.82) is 0 Å². The second-order valence-electron chi connectivity index (χ2n) is 8.39. The van der Waals surface area contributed by atoms with Crippen LogP contribution in [-0.4, -0.2) is 72.7 Å². The number of ketones is 2. The molecular formula is C19H27ClNO6-. The molecule has 2 aliphatic carbocycles. The minimum Gasteiger partial charge on any atom is -0.785 e. The number of rotatable bonds is 2. The number of alkyl halides is 1. The van der Waals surface area contributed by atoms with Crippen molar-refractivity contribution in [2.45, 2.75) is 67.9 Å². The van der Waals surface area contributed by atoms with Crippen LogP contribution in [0.4, 0.5) is 0 Å². The standard InChI is InChI=1S/C19H27ClNO6/c1-9-7-11-10(5-4-6-21(11)24)17(22)19(9)18(23)14-12(25-2)8-13(26-3)15(20)16(14)27-19/h9-16H,4-8H2,1-3H3/q-1/t9-,10?,11?,12?,13?,14?,15?,16?,19+/m1/s1. The monoisotopic (exact) mass is 400 g/mol. The van der Waals surface area contributed by atoms with E-state index in [1.165, 1.54) is 0 Å². The van der Waals surface area contributed by atoms with Gasteiger partial charge in [0, 0.05) is 38.5 Å². The van der Waals surface area contributed by atoms with E-state index in [1.807, 2.05) is 6.92 Å². The predicted molar refractivity (Wildman–Crippen MR) is 97.3 cm³/mol. The van der Waals surface area contributed by atoms with Gasteiger partial charge in [-0.1, -0.05) is 6.92 Å². The van der Waals surface area contributed by atoms with Gasteiger partial charge in [0.2, 0.25) is 0 Å². The Morgan fingerprint density at radius 2 is 1.89 bits per heavy atom. The molecule has 7 nitrogen and oxygen atoms in total. The van der Waals surface area contributed by atoms with E-state index >= 15 is 0 Å². The van der Waals surface area contributed by atoms with Crippen molar-refractivity contribution in [1.82, 2.24) is 5.06 Å². The number of hydroxylamine groups is 2. The second-order valence-corrected chi connectivity index (χ2v) is 8.90. The highest BCUT2D eigenvalue weighted by Crippen LogP contribution is 2.52. The summed E-state index contributed by atoms with van der Waals surface area (Å²) in [7, 11) is 3.13. The van der Waals surface area contributed by atoms with E-state index in [2.05, 4.69) is 0 Å². The van der Waals surface area contributed by atoms with Crippen molar-refractivity contribution >= 4 is 23.2 Å². The van der Waals surface area contributed by atoms with Crippen molar-refractivity contribution in [2.24, 2.45) is 17.8 Å². The first kappa shape index (κ1) is 19.7. The Morgan fingerprint density at radius 1 is 1.19 bits per heavy atom. The number of carbonyl (C=O) groups is 2. The molecule has 0 radical (unpaired) electrons. The van der Waals surface area contributed by atoms with Crippen LogP contribution in [0.3, 0.4) is 0 Å². The Balaban J connectivity index is 1.71. The lowest BCUT2D eigenvalue weighted by atomic mass is 9.62. The van der Waals surface area contributed by atoms with Crippen LogP contribution in [0.5, 0.6) is 0 Å². The summed E-state index contributed by atoms with van der Waals surface area (Å²) in [5.74, 6) is -1.87. The number of piperidine rings is 1.